The summed E-state index contributed by atoms with van der Waals surface area (Å²) in [5, 5.41) is 24.2. The van der Waals surface area contributed by atoms with Gasteiger partial charge in [-0.15, -0.1) is 21.5 Å². The van der Waals surface area contributed by atoms with E-state index in [2.05, 4.69) is 15.5 Å². The number of nitrogens with one attached hydrogen (secondary N) is 1. The molecule has 3 aromatic rings. The molecule has 1 atom stereocenters. The average Bonchev–Trinajstić information content (AvgIpc) is 3.31. The van der Waals surface area contributed by atoms with Crippen molar-refractivity contribution in [2.45, 2.75) is 30.8 Å². The minimum absolute atomic E-state index is 0.0700. The van der Waals surface area contributed by atoms with Gasteiger partial charge in [0.05, 0.1) is 15.1 Å². The molecule has 10 heteroatoms. The summed E-state index contributed by atoms with van der Waals surface area (Å²) < 4.78 is 1.97. The summed E-state index contributed by atoms with van der Waals surface area (Å²) >= 11 is 2.88. The van der Waals surface area contributed by atoms with Crippen molar-refractivity contribution in [2.75, 3.05) is 5.32 Å². The van der Waals surface area contributed by atoms with Crippen LogP contribution in [0.5, 0.6) is 0 Å². The maximum Gasteiger partial charge on any atom is 0.271 e. The number of non-ortho nitro benzene ring substituents is 1. The SMILES string of the molecule is CCn1c(S[C@@H](C)C(=O)Nc2cccc([N+](=O)[O-])c2)nnc1-c1cccs1. The summed E-state index contributed by atoms with van der Waals surface area (Å²) in [6, 6.07) is 9.80. The Hall–Kier alpha value is -2.72. The van der Waals surface area contributed by atoms with E-state index >= 15 is 0 Å². The normalized spacial score (nSPS) is 11.9. The zero-order chi connectivity index (χ0) is 19.4. The molecule has 0 fully saturated rings. The van der Waals surface area contributed by atoms with Crippen LogP contribution in [0.25, 0.3) is 10.7 Å². The van der Waals surface area contributed by atoms with Gasteiger partial charge in [-0.05, 0) is 31.4 Å². The molecule has 0 radical (unpaired) electrons. The maximum absolute atomic E-state index is 12.5. The van der Waals surface area contributed by atoms with Crippen LogP contribution in [0.1, 0.15) is 13.8 Å². The van der Waals surface area contributed by atoms with Crippen LogP contribution in [-0.2, 0) is 11.3 Å². The van der Waals surface area contributed by atoms with Crippen molar-refractivity contribution in [3.05, 3.63) is 51.9 Å². The van der Waals surface area contributed by atoms with Gasteiger partial charge in [0.2, 0.25) is 5.91 Å². The summed E-state index contributed by atoms with van der Waals surface area (Å²) in [5.74, 6) is 0.519. The van der Waals surface area contributed by atoms with Gasteiger partial charge in [0.1, 0.15) is 0 Å². The molecule has 1 aromatic carbocycles. The van der Waals surface area contributed by atoms with Crippen molar-refractivity contribution < 1.29 is 9.72 Å². The number of hydrogen-bond acceptors (Lipinski definition) is 7. The Morgan fingerprint density at radius 2 is 2.19 bits per heavy atom. The second kappa shape index (κ2) is 8.31. The third kappa shape index (κ3) is 4.34. The number of thioether (sulfide) groups is 1. The number of thiophene rings is 1. The van der Waals surface area contributed by atoms with Crippen molar-refractivity contribution in [2.24, 2.45) is 0 Å². The minimum Gasteiger partial charge on any atom is -0.325 e. The van der Waals surface area contributed by atoms with Gasteiger partial charge in [-0.1, -0.05) is 23.9 Å². The molecular weight excluding hydrogens is 386 g/mol. The number of nitro benzene ring substituents is 1. The van der Waals surface area contributed by atoms with E-state index in [1.54, 1.807) is 24.3 Å². The predicted molar refractivity (Wildman–Crippen MR) is 106 cm³/mol. The lowest BCUT2D eigenvalue weighted by atomic mass is 10.2. The highest BCUT2D eigenvalue weighted by atomic mass is 32.2. The van der Waals surface area contributed by atoms with E-state index < -0.39 is 10.2 Å². The summed E-state index contributed by atoms with van der Waals surface area (Å²) in [7, 11) is 0. The molecule has 0 saturated carbocycles. The predicted octanol–water partition coefficient (Wildman–Crippen LogP) is 4.05. The molecule has 2 heterocycles. The fourth-order valence-corrected chi connectivity index (χ4v) is 4.03. The Kier molecular flexibility index (Phi) is 5.87. The number of amides is 1. The Balaban J connectivity index is 1.72. The van der Waals surface area contributed by atoms with Crippen molar-refractivity contribution >= 4 is 40.4 Å². The maximum atomic E-state index is 12.5. The summed E-state index contributed by atoms with van der Waals surface area (Å²) in [6.07, 6.45) is 0. The van der Waals surface area contributed by atoms with E-state index in [9.17, 15) is 14.9 Å². The van der Waals surface area contributed by atoms with Gasteiger partial charge in [0, 0.05) is 24.4 Å². The van der Waals surface area contributed by atoms with Crippen LogP contribution in [0.2, 0.25) is 0 Å². The fourth-order valence-electron chi connectivity index (χ4n) is 2.40. The summed E-state index contributed by atoms with van der Waals surface area (Å²) in [4.78, 5) is 23.9. The molecule has 8 nitrogen and oxygen atoms in total. The van der Waals surface area contributed by atoms with Crippen LogP contribution in [0.15, 0.2) is 46.9 Å². The molecule has 27 heavy (non-hydrogen) atoms. The first-order valence-corrected chi connectivity index (χ1v) is 9.94. The number of rotatable bonds is 7. The van der Waals surface area contributed by atoms with Gasteiger partial charge in [0.15, 0.2) is 11.0 Å². The number of carbonyl (C=O) groups excluding carboxylic acids is 1. The Labute approximate surface area is 163 Å². The van der Waals surface area contributed by atoms with Crippen LogP contribution < -0.4 is 5.32 Å². The second-order valence-corrected chi connectivity index (χ2v) is 7.84. The van der Waals surface area contributed by atoms with E-state index in [4.69, 9.17) is 0 Å². The number of anilines is 1. The number of carbonyl (C=O) groups is 1. The highest BCUT2D eigenvalue weighted by Crippen LogP contribution is 2.29. The van der Waals surface area contributed by atoms with E-state index in [1.165, 1.54) is 30.0 Å². The number of nitro groups is 1. The molecule has 2 aromatic heterocycles. The number of aromatic nitrogens is 3. The Morgan fingerprint density at radius 1 is 1.37 bits per heavy atom. The summed E-state index contributed by atoms with van der Waals surface area (Å²) in [6.45, 7) is 4.44. The third-order valence-electron chi connectivity index (χ3n) is 3.75. The molecule has 0 saturated heterocycles. The quantitative estimate of drug-likeness (QED) is 0.363. The van der Waals surface area contributed by atoms with Gasteiger partial charge in [-0.2, -0.15) is 0 Å². The fraction of sp³-hybridized carbons (Fsp3) is 0.235. The molecule has 0 aliphatic heterocycles. The zero-order valence-corrected chi connectivity index (χ0v) is 16.3. The topological polar surface area (TPSA) is 103 Å². The largest absolute Gasteiger partial charge is 0.325 e. The smallest absolute Gasteiger partial charge is 0.271 e. The first kappa shape index (κ1) is 19.1. The molecular formula is C17H17N5O3S2. The minimum atomic E-state index is -0.496. The van der Waals surface area contributed by atoms with Gasteiger partial charge in [-0.25, -0.2) is 0 Å². The van der Waals surface area contributed by atoms with E-state index in [0.717, 1.165) is 10.7 Å². The number of hydrogen-bond donors (Lipinski definition) is 1. The second-order valence-electron chi connectivity index (χ2n) is 5.58. The van der Waals surface area contributed by atoms with Crippen molar-refractivity contribution in [1.29, 1.82) is 0 Å². The molecule has 1 N–H and O–H groups in total. The van der Waals surface area contributed by atoms with Gasteiger partial charge in [0.25, 0.3) is 5.69 Å². The van der Waals surface area contributed by atoms with Crippen LogP contribution in [0.4, 0.5) is 11.4 Å². The highest BCUT2D eigenvalue weighted by molar-refractivity contribution is 8.00. The lowest BCUT2D eigenvalue weighted by Gasteiger charge is -2.12. The van der Waals surface area contributed by atoms with E-state index in [0.29, 0.717) is 17.4 Å². The first-order valence-electron chi connectivity index (χ1n) is 8.18. The van der Waals surface area contributed by atoms with Crippen LogP contribution in [0, 0.1) is 10.1 Å². The first-order chi connectivity index (χ1) is 13.0. The lowest BCUT2D eigenvalue weighted by molar-refractivity contribution is -0.384. The number of nitrogens with zero attached hydrogens (tertiary/aromatic N) is 4. The molecule has 1 amide bonds. The molecule has 0 bridgehead atoms. The molecule has 0 aliphatic carbocycles. The number of benzene rings is 1. The van der Waals surface area contributed by atoms with Crippen LogP contribution in [0.3, 0.4) is 0 Å². The zero-order valence-electron chi connectivity index (χ0n) is 14.7. The lowest BCUT2D eigenvalue weighted by Crippen LogP contribution is -2.23. The monoisotopic (exact) mass is 403 g/mol. The van der Waals surface area contributed by atoms with Gasteiger partial charge in [-0.3, -0.25) is 14.9 Å². The molecule has 0 aliphatic rings. The van der Waals surface area contributed by atoms with Crippen LogP contribution >= 0.6 is 23.1 Å². The molecule has 0 unspecified atom stereocenters. The van der Waals surface area contributed by atoms with Crippen molar-refractivity contribution in [3.63, 3.8) is 0 Å². The van der Waals surface area contributed by atoms with Gasteiger partial charge < -0.3 is 9.88 Å². The van der Waals surface area contributed by atoms with Crippen molar-refractivity contribution in [1.82, 2.24) is 14.8 Å². The molecule has 0 spiro atoms. The van der Waals surface area contributed by atoms with Crippen molar-refractivity contribution in [3.8, 4) is 10.7 Å². The summed E-state index contributed by atoms with van der Waals surface area (Å²) in [5.41, 5.74) is 0.317. The van der Waals surface area contributed by atoms with E-state index in [-0.39, 0.29) is 11.6 Å². The molecule has 140 valence electrons. The Morgan fingerprint density at radius 3 is 2.85 bits per heavy atom. The van der Waals surface area contributed by atoms with Crippen LogP contribution in [-0.4, -0.2) is 30.8 Å². The Bertz CT molecular complexity index is 955. The standard InChI is InChI=1S/C17H17N5O3S2/c1-3-21-15(14-8-5-9-26-14)19-20-17(21)27-11(2)16(23)18-12-6-4-7-13(10-12)22(24)25/h4-11H,3H2,1-2H3,(H,18,23)/t11-/m0/s1. The van der Waals surface area contributed by atoms with E-state index in [1.807, 2.05) is 29.0 Å². The third-order valence-corrected chi connectivity index (χ3v) is 5.70. The highest BCUT2D eigenvalue weighted by Gasteiger charge is 2.21. The molecule has 3 rings (SSSR count). The van der Waals surface area contributed by atoms with Gasteiger partial charge >= 0.3 is 0 Å². The average molecular weight is 403 g/mol.